The first-order valence-corrected chi connectivity index (χ1v) is 5.78. The van der Waals surface area contributed by atoms with Crippen molar-refractivity contribution in [3.8, 4) is 0 Å². The molecular formula is C13H8ClF3N2O. The van der Waals surface area contributed by atoms with E-state index in [-0.39, 0.29) is 16.3 Å². The van der Waals surface area contributed by atoms with Crippen molar-refractivity contribution in [3.05, 3.63) is 58.4 Å². The topological polar surface area (TPSA) is 55.1 Å². The van der Waals surface area contributed by atoms with E-state index in [4.69, 9.17) is 17.3 Å². The molecule has 2 aromatic rings. The smallest absolute Gasteiger partial charge is 0.257 e. The van der Waals surface area contributed by atoms with E-state index in [2.05, 4.69) is 5.32 Å². The van der Waals surface area contributed by atoms with Crippen molar-refractivity contribution < 1.29 is 18.0 Å². The molecule has 0 saturated heterocycles. The number of nitrogens with two attached hydrogens (primary N) is 1. The van der Waals surface area contributed by atoms with Crippen LogP contribution in [-0.2, 0) is 0 Å². The zero-order valence-corrected chi connectivity index (χ0v) is 10.6. The molecule has 0 unspecified atom stereocenters. The Bertz CT molecular complexity index is 692. The molecule has 3 N–H and O–H groups in total. The number of halogens is 4. The average Bonchev–Trinajstić information content (AvgIpc) is 2.42. The number of nitrogens with one attached hydrogen (secondary N) is 1. The number of benzene rings is 2. The molecule has 2 rings (SSSR count). The molecule has 0 aromatic heterocycles. The predicted molar refractivity (Wildman–Crippen MR) is 70.1 cm³/mol. The molecule has 0 fully saturated rings. The number of amides is 1. The number of nitrogen functional groups attached to an aromatic ring is 1. The van der Waals surface area contributed by atoms with Gasteiger partial charge in [-0.25, -0.2) is 13.2 Å². The number of anilines is 2. The number of hydrogen-bond donors (Lipinski definition) is 2. The Morgan fingerprint density at radius 2 is 1.80 bits per heavy atom. The average molecular weight is 301 g/mol. The van der Waals surface area contributed by atoms with E-state index in [9.17, 15) is 18.0 Å². The highest BCUT2D eigenvalue weighted by molar-refractivity contribution is 6.31. The monoisotopic (exact) mass is 300 g/mol. The maximum atomic E-state index is 13.4. The fraction of sp³-hybridized carbons (Fsp3) is 0. The van der Waals surface area contributed by atoms with Gasteiger partial charge in [-0.3, -0.25) is 4.79 Å². The van der Waals surface area contributed by atoms with Crippen LogP contribution in [0.4, 0.5) is 24.5 Å². The van der Waals surface area contributed by atoms with Gasteiger partial charge in [0.1, 0.15) is 0 Å². The van der Waals surface area contributed by atoms with Crippen LogP contribution in [0.2, 0.25) is 5.02 Å². The van der Waals surface area contributed by atoms with Gasteiger partial charge in [0.2, 0.25) is 0 Å². The van der Waals surface area contributed by atoms with Gasteiger partial charge in [0, 0.05) is 10.7 Å². The van der Waals surface area contributed by atoms with Crippen LogP contribution in [-0.4, -0.2) is 5.91 Å². The van der Waals surface area contributed by atoms with Gasteiger partial charge in [0.25, 0.3) is 5.91 Å². The molecule has 20 heavy (non-hydrogen) atoms. The van der Waals surface area contributed by atoms with Gasteiger partial charge in [-0.05, 0) is 30.3 Å². The molecule has 0 heterocycles. The normalized spacial score (nSPS) is 10.4. The Hall–Kier alpha value is -2.21. The molecular weight excluding hydrogens is 293 g/mol. The molecule has 104 valence electrons. The minimum absolute atomic E-state index is 0.00151. The second-order valence-corrected chi connectivity index (χ2v) is 4.35. The first kappa shape index (κ1) is 14.2. The highest BCUT2D eigenvalue weighted by Gasteiger charge is 2.17. The van der Waals surface area contributed by atoms with Gasteiger partial charge in [-0.15, -0.1) is 0 Å². The van der Waals surface area contributed by atoms with Crippen molar-refractivity contribution in [2.24, 2.45) is 0 Å². The fourth-order valence-corrected chi connectivity index (χ4v) is 1.71. The Morgan fingerprint density at radius 1 is 1.10 bits per heavy atom. The quantitative estimate of drug-likeness (QED) is 0.658. The lowest BCUT2D eigenvalue weighted by atomic mass is 10.1. The SMILES string of the molecule is Nc1ccc(Cl)cc1C(=O)Nc1ccc(F)c(F)c1F. The Labute approximate surface area is 117 Å². The zero-order chi connectivity index (χ0) is 14.9. The van der Waals surface area contributed by atoms with Crippen LogP contribution >= 0.6 is 11.6 Å². The summed E-state index contributed by atoms with van der Waals surface area (Å²) in [5, 5.41) is 2.36. The fourth-order valence-electron chi connectivity index (χ4n) is 1.54. The number of carbonyl (C=O) groups excluding carboxylic acids is 1. The second kappa shape index (κ2) is 5.42. The van der Waals surface area contributed by atoms with Gasteiger partial charge >= 0.3 is 0 Å². The van der Waals surface area contributed by atoms with Crippen molar-refractivity contribution >= 4 is 28.9 Å². The molecule has 0 aliphatic rings. The summed E-state index contributed by atoms with van der Waals surface area (Å²) in [5.41, 5.74) is 5.22. The molecule has 0 bridgehead atoms. The van der Waals surface area contributed by atoms with Crippen molar-refractivity contribution in [1.29, 1.82) is 0 Å². The van der Waals surface area contributed by atoms with E-state index in [0.717, 1.165) is 6.07 Å². The molecule has 0 radical (unpaired) electrons. The lowest BCUT2D eigenvalue weighted by Crippen LogP contribution is -2.15. The first-order chi connectivity index (χ1) is 9.40. The molecule has 0 aliphatic carbocycles. The van der Waals surface area contributed by atoms with Gasteiger partial charge in [0.05, 0.1) is 11.3 Å². The van der Waals surface area contributed by atoms with E-state index in [1.165, 1.54) is 18.2 Å². The van der Waals surface area contributed by atoms with Gasteiger partial charge < -0.3 is 11.1 Å². The summed E-state index contributed by atoms with van der Waals surface area (Å²) >= 11 is 5.72. The molecule has 7 heteroatoms. The first-order valence-electron chi connectivity index (χ1n) is 5.40. The molecule has 0 aliphatic heterocycles. The zero-order valence-electron chi connectivity index (χ0n) is 9.88. The van der Waals surface area contributed by atoms with Crippen LogP contribution in [0.15, 0.2) is 30.3 Å². The number of hydrogen-bond acceptors (Lipinski definition) is 2. The molecule has 0 saturated carbocycles. The third kappa shape index (κ3) is 2.70. The van der Waals surface area contributed by atoms with Gasteiger partial charge in [-0.1, -0.05) is 11.6 Å². The molecule has 1 amide bonds. The molecule has 2 aromatic carbocycles. The lowest BCUT2D eigenvalue weighted by molar-refractivity contribution is 0.102. The van der Waals surface area contributed by atoms with Gasteiger partial charge in [0.15, 0.2) is 17.5 Å². The summed E-state index contributed by atoms with van der Waals surface area (Å²) in [6, 6.07) is 5.77. The van der Waals surface area contributed by atoms with Crippen LogP contribution < -0.4 is 11.1 Å². The largest absolute Gasteiger partial charge is 0.398 e. The van der Waals surface area contributed by atoms with Crippen molar-refractivity contribution in [2.45, 2.75) is 0 Å². The third-order valence-corrected chi connectivity index (χ3v) is 2.78. The summed E-state index contributed by atoms with van der Waals surface area (Å²) in [5.74, 6) is -5.28. The summed E-state index contributed by atoms with van der Waals surface area (Å²) in [6.07, 6.45) is 0. The standard InChI is InChI=1S/C13H8ClF3N2O/c14-6-1-3-9(18)7(5-6)13(20)19-10-4-2-8(15)11(16)12(10)17/h1-5H,18H2,(H,19,20). The summed E-state index contributed by atoms with van der Waals surface area (Å²) in [6.45, 7) is 0. The predicted octanol–water partition coefficient (Wildman–Crippen LogP) is 3.59. The lowest BCUT2D eigenvalue weighted by Gasteiger charge is -2.09. The third-order valence-electron chi connectivity index (χ3n) is 2.54. The minimum Gasteiger partial charge on any atom is -0.398 e. The molecule has 0 atom stereocenters. The number of rotatable bonds is 2. The van der Waals surface area contributed by atoms with E-state index in [1.54, 1.807) is 0 Å². The maximum Gasteiger partial charge on any atom is 0.257 e. The van der Waals surface area contributed by atoms with Gasteiger partial charge in [-0.2, -0.15) is 0 Å². The van der Waals surface area contributed by atoms with E-state index < -0.39 is 29.0 Å². The Kier molecular flexibility index (Phi) is 3.85. The number of carbonyl (C=O) groups is 1. The highest BCUT2D eigenvalue weighted by atomic mass is 35.5. The van der Waals surface area contributed by atoms with E-state index in [1.807, 2.05) is 0 Å². The van der Waals surface area contributed by atoms with Crippen LogP contribution in [0, 0.1) is 17.5 Å². The summed E-state index contributed by atoms with van der Waals surface area (Å²) in [4.78, 5) is 11.9. The Morgan fingerprint density at radius 3 is 2.50 bits per heavy atom. The van der Waals surface area contributed by atoms with Crippen LogP contribution in [0.1, 0.15) is 10.4 Å². The van der Waals surface area contributed by atoms with Crippen molar-refractivity contribution in [1.82, 2.24) is 0 Å². The Balaban J connectivity index is 2.33. The summed E-state index contributed by atoms with van der Waals surface area (Å²) in [7, 11) is 0. The molecule has 0 spiro atoms. The highest BCUT2D eigenvalue weighted by Crippen LogP contribution is 2.23. The summed E-state index contributed by atoms with van der Waals surface area (Å²) < 4.78 is 39.2. The maximum absolute atomic E-state index is 13.4. The van der Waals surface area contributed by atoms with E-state index in [0.29, 0.717) is 6.07 Å². The van der Waals surface area contributed by atoms with E-state index >= 15 is 0 Å². The van der Waals surface area contributed by atoms with Crippen LogP contribution in [0.3, 0.4) is 0 Å². The minimum atomic E-state index is -1.66. The van der Waals surface area contributed by atoms with Crippen LogP contribution in [0.5, 0.6) is 0 Å². The van der Waals surface area contributed by atoms with Crippen molar-refractivity contribution in [3.63, 3.8) is 0 Å². The second-order valence-electron chi connectivity index (χ2n) is 3.91. The molecule has 3 nitrogen and oxygen atoms in total. The van der Waals surface area contributed by atoms with Crippen LogP contribution in [0.25, 0.3) is 0 Å². The van der Waals surface area contributed by atoms with Crippen molar-refractivity contribution in [2.75, 3.05) is 11.1 Å².